The van der Waals surface area contributed by atoms with Crippen LogP contribution in [-0.4, -0.2) is 38.1 Å². The number of rotatable bonds is 6. The molecule has 0 atom stereocenters. The van der Waals surface area contributed by atoms with Crippen LogP contribution >= 0.6 is 22.7 Å². The summed E-state index contributed by atoms with van der Waals surface area (Å²) in [6.07, 6.45) is 3.04. The number of carbonyl (C=O) groups excluding carboxylic acids is 2. The third kappa shape index (κ3) is 4.39. The highest BCUT2D eigenvalue weighted by Gasteiger charge is 2.17. The van der Waals surface area contributed by atoms with Gasteiger partial charge in [0.1, 0.15) is 22.5 Å². The van der Waals surface area contributed by atoms with Gasteiger partial charge in [-0.1, -0.05) is 6.07 Å². The zero-order valence-electron chi connectivity index (χ0n) is 15.3. The predicted octanol–water partition coefficient (Wildman–Crippen LogP) is 3.13. The third-order valence-electron chi connectivity index (χ3n) is 3.98. The molecule has 0 saturated heterocycles. The van der Waals surface area contributed by atoms with E-state index in [0.717, 1.165) is 15.6 Å². The van der Waals surface area contributed by atoms with Crippen molar-refractivity contribution in [3.8, 4) is 15.6 Å². The van der Waals surface area contributed by atoms with Crippen molar-refractivity contribution in [3.05, 3.63) is 65.0 Å². The summed E-state index contributed by atoms with van der Waals surface area (Å²) in [5.41, 5.74) is 2.11. The first-order valence-electron chi connectivity index (χ1n) is 8.64. The number of aromatic nitrogens is 4. The Morgan fingerprint density at radius 1 is 1.17 bits per heavy atom. The maximum atomic E-state index is 12.4. The Morgan fingerprint density at radius 3 is 2.69 bits per heavy atom. The highest BCUT2D eigenvalue weighted by molar-refractivity contribution is 7.22. The average Bonchev–Trinajstić information content (AvgIpc) is 3.48. The molecule has 0 bridgehead atoms. The van der Waals surface area contributed by atoms with E-state index >= 15 is 0 Å². The lowest BCUT2D eigenvalue weighted by atomic mass is 10.3. The van der Waals surface area contributed by atoms with E-state index in [1.807, 2.05) is 29.6 Å². The van der Waals surface area contributed by atoms with E-state index in [1.165, 1.54) is 17.7 Å². The van der Waals surface area contributed by atoms with Crippen molar-refractivity contribution in [2.45, 2.75) is 6.92 Å². The quantitative estimate of drug-likeness (QED) is 0.495. The molecule has 8 nitrogen and oxygen atoms in total. The Balaban J connectivity index is 1.33. The van der Waals surface area contributed by atoms with Crippen LogP contribution in [0, 0.1) is 6.92 Å². The van der Waals surface area contributed by atoms with Crippen molar-refractivity contribution < 1.29 is 9.59 Å². The van der Waals surface area contributed by atoms with Gasteiger partial charge in [0.2, 0.25) is 5.91 Å². The summed E-state index contributed by atoms with van der Waals surface area (Å²) in [6, 6.07) is 11.1. The van der Waals surface area contributed by atoms with Gasteiger partial charge in [0.05, 0.1) is 22.8 Å². The van der Waals surface area contributed by atoms with E-state index in [1.54, 1.807) is 41.4 Å². The fraction of sp³-hybridized carbons (Fsp3) is 0.105. The molecule has 0 saturated carbocycles. The number of benzene rings is 1. The molecule has 2 amide bonds. The molecule has 0 aliphatic rings. The lowest BCUT2D eigenvalue weighted by Gasteiger charge is -2.07. The van der Waals surface area contributed by atoms with E-state index in [9.17, 15) is 9.59 Å². The van der Waals surface area contributed by atoms with Gasteiger partial charge in [-0.25, -0.2) is 14.6 Å². The Hall–Kier alpha value is -3.37. The molecule has 4 rings (SSSR count). The van der Waals surface area contributed by atoms with Crippen LogP contribution in [0.15, 0.2) is 54.4 Å². The predicted molar refractivity (Wildman–Crippen MR) is 112 cm³/mol. The molecule has 4 aromatic rings. The molecule has 0 unspecified atom stereocenters. The lowest BCUT2D eigenvalue weighted by Crippen LogP contribution is -2.32. The summed E-state index contributed by atoms with van der Waals surface area (Å²) < 4.78 is 1.62. The molecule has 10 heteroatoms. The number of nitrogens with zero attached hydrogens (tertiary/aromatic N) is 4. The van der Waals surface area contributed by atoms with Crippen LogP contribution in [0.3, 0.4) is 0 Å². The summed E-state index contributed by atoms with van der Waals surface area (Å²) in [5, 5.41) is 12.2. The number of nitrogens with one attached hydrogen (secondary N) is 2. The molecule has 0 radical (unpaired) electrons. The summed E-state index contributed by atoms with van der Waals surface area (Å²) in [7, 11) is 0. The van der Waals surface area contributed by atoms with Gasteiger partial charge < -0.3 is 10.6 Å². The molecule has 29 heavy (non-hydrogen) atoms. The zero-order chi connectivity index (χ0) is 20.2. The summed E-state index contributed by atoms with van der Waals surface area (Å²) in [4.78, 5) is 34.5. The maximum Gasteiger partial charge on any atom is 0.263 e. The van der Waals surface area contributed by atoms with Crippen LogP contribution in [0.1, 0.15) is 15.4 Å². The summed E-state index contributed by atoms with van der Waals surface area (Å²) >= 11 is 2.90. The Labute approximate surface area is 174 Å². The van der Waals surface area contributed by atoms with Crippen molar-refractivity contribution >= 4 is 40.2 Å². The van der Waals surface area contributed by atoms with E-state index in [2.05, 4.69) is 25.7 Å². The van der Waals surface area contributed by atoms with Crippen molar-refractivity contribution in [1.82, 2.24) is 25.1 Å². The fourth-order valence-electron chi connectivity index (χ4n) is 2.60. The van der Waals surface area contributed by atoms with Crippen molar-refractivity contribution in [1.29, 1.82) is 0 Å². The number of thiophene rings is 1. The molecule has 146 valence electrons. The smallest absolute Gasteiger partial charge is 0.263 e. The van der Waals surface area contributed by atoms with Gasteiger partial charge in [-0.3, -0.25) is 9.59 Å². The number of anilines is 1. The second-order valence-electron chi connectivity index (χ2n) is 6.03. The molecular weight excluding hydrogens is 408 g/mol. The molecule has 3 aromatic heterocycles. The number of hydrogen-bond donors (Lipinski definition) is 2. The van der Waals surface area contributed by atoms with Crippen molar-refractivity contribution in [2.24, 2.45) is 0 Å². The first-order valence-corrected chi connectivity index (χ1v) is 10.3. The van der Waals surface area contributed by atoms with E-state index in [-0.39, 0.29) is 18.4 Å². The number of aryl methyl sites for hydroxylation is 1. The van der Waals surface area contributed by atoms with Gasteiger partial charge in [0.15, 0.2) is 0 Å². The fourth-order valence-corrected chi connectivity index (χ4v) is 4.38. The van der Waals surface area contributed by atoms with E-state index in [4.69, 9.17) is 0 Å². The minimum Gasteiger partial charge on any atom is -0.342 e. The molecule has 0 fully saturated rings. The molecule has 1 aromatic carbocycles. The SMILES string of the molecule is Cc1nc(-c2cccs2)sc1C(=O)NCC(=O)Nc1ccc(-n2cncn2)cc1. The topological polar surface area (TPSA) is 102 Å². The van der Waals surface area contributed by atoms with Gasteiger partial charge in [-0.05, 0) is 42.6 Å². The Kier molecular flexibility index (Phi) is 5.45. The normalized spacial score (nSPS) is 10.7. The zero-order valence-corrected chi connectivity index (χ0v) is 17.0. The monoisotopic (exact) mass is 424 g/mol. The standard InChI is InChI=1S/C19H16N6O2S2/c1-12-17(29-19(23-12)15-3-2-8-28-15)18(27)21-9-16(26)24-13-4-6-14(7-5-13)25-11-20-10-22-25/h2-8,10-11H,9H2,1H3,(H,21,27)(H,24,26). The largest absolute Gasteiger partial charge is 0.342 e. The van der Waals surface area contributed by atoms with Gasteiger partial charge in [-0.2, -0.15) is 5.10 Å². The van der Waals surface area contributed by atoms with Gasteiger partial charge in [0.25, 0.3) is 5.91 Å². The average molecular weight is 425 g/mol. The van der Waals surface area contributed by atoms with Gasteiger partial charge in [0, 0.05) is 5.69 Å². The van der Waals surface area contributed by atoms with Crippen molar-refractivity contribution in [3.63, 3.8) is 0 Å². The molecular formula is C19H16N6O2S2. The van der Waals surface area contributed by atoms with E-state index in [0.29, 0.717) is 16.3 Å². The van der Waals surface area contributed by atoms with Crippen LogP contribution in [0.25, 0.3) is 15.6 Å². The maximum absolute atomic E-state index is 12.4. The molecule has 3 heterocycles. The first kappa shape index (κ1) is 19.0. The highest BCUT2D eigenvalue weighted by atomic mass is 32.1. The van der Waals surface area contributed by atoms with Gasteiger partial charge in [-0.15, -0.1) is 22.7 Å². The summed E-state index contributed by atoms with van der Waals surface area (Å²) in [5.74, 6) is -0.619. The Bertz CT molecular complexity index is 1120. The third-order valence-corrected chi connectivity index (χ3v) is 6.17. The minimum absolute atomic E-state index is 0.130. The van der Waals surface area contributed by atoms with Crippen molar-refractivity contribution in [2.75, 3.05) is 11.9 Å². The number of thiazole rings is 1. The second-order valence-corrected chi connectivity index (χ2v) is 7.98. The first-order chi connectivity index (χ1) is 14.1. The number of carbonyl (C=O) groups is 2. The second kappa shape index (κ2) is 8.33. The minimum atomic E-state index is -0.312. The number of hydrogen-bond acceptors (Lipinski definition) is 7. The molecule has 2 N–H and O–H groups in total. The van der Waals surface area contributed by atoms with Crippen LogP contribution in [-0.2, 0) is 4.79 Å². The summed E-state index contributed by atoms with van der Waals surface area (Å²) in [6.45, 7) is 1.66. The van der Waals surface area contributed by atoms with Crippen LogP contribution in [0.5, 0.6) is 0 Å². The number of amides is 2. The van der Waals surface area contributed by atoms with E-state index < -0.39 is 0 Å². The molecule has 0 spiro atoms. The van der Waals surface area contributed by atoms with Crippen LogP contribution in [0.4, 0.5) is 5.69 Å². The highest BCUT2D eigenvalue weighted by Crippen LogP contribution is 2.30. The lowest BCUT2D eigenvalue weighted by molar-refractivity contribution is -0.115. The molecule has 0 aliphatic heterocycles. The Morgan fingerprint density at radius 2 is 2.00 bits per heavy atom. The molecule has 0 aliphatic carbocycles. The van der Waals surface area contributed by atoms with Crippen LogP contribution in [0.2, 0.25) is 0 Å². The van der Waals surface area contributed by atoms with Gasteiger partial charge >= 0.3 is 0 Å². The van der Waals surface area contributed by atoms with Crippen LogP contribution < -0.4 is 10.6 Å².